The van der Waals surface area contributed by atoms with Gasteiger partial charge < -0.3 is 5.73 Å². The number of hydrogen-bond donors (Lipinski definition) is 1. The van der Waals surface area contributed by atoms with Crippen molar-refractivity contribution in [1.29, 1.82) is 0 Å². The lowest BCUT2D eigenvalue weighted by molar-refractivity contribution is -0.123. The summed E-state index contributed by atoms with van der Waals surface area (Å²) in [6.45, 7) is 0. The molecule has 1 aliphatic carbocycles. The fraction of sp³-hybridized carbons (Fsp3) is 0.500. The Kier molecular flexibility index (Phi) is 1.53. The molecule has 1 saturated carbocycles. The van der Waals surface area contributed by atoms with Gasteiger partial charge in [0.05, 0.1) is 5.54 Å². The summed E-state index contributed by atoms with van der Waals surface area (Å²) in [6.07, 6.45) is -0.416. The highest BCUT2D eigenvalue weighted by Crippen LogP contribution is 2.50. The average molecular weight is 189 g/mol. The van der Waals surface area contributed by atoms with Gasteiger partial charge in [-0.25, -0.2) is 8.78 Å². The van der Waals surface area contributed by atoms with Gasteiger partial charge >= 0.3 is 0 Å². The number of hydrogen-bond acceptors (Lipinski definition) is 2. The van der Waals surface area contributed by atoms with Crippen LogP contribution < -0.4 is 5.73 Å². The minimum absolute atomic E-state index is 0.208. The van der Waals surface area contributed by atoms with E-state index in [-0.39, 0.29) is 12.8 Å². The molecule has 0 radical (unpaired) electrons. The van der Waals surface area contributed by atoms with E-state index in [1.807, 2.05) is 17.5 Å². The maximum Gasteiger partial charge on any atom is 0.252 e. The maximum atomic E-state index is 12.6. The molecule has 1 aromatic rings. The average Bonchev–Trinajstić information content (AvgIpc) is 2.31. The number of halogens is 2. The topological polar surface area (TPSA) is 26.0 Å². The van der Waals surface area contributed by atoms with Gasteiger partial charge in [-0.1, -0.05) is 6.07 Å². The first kappa shape index (κ1) is 8.13. The Morgan fingerprint density at radius 2 is 2.08 bits per heavy atom. The third-order valence-electron chi connectivity index (χ3n) is 2.16. The van der Waals surface area contributed by atoms with Crippen LogP contribution in [0.15, 0.2) is 17.5 Å². The minimum Gasteiger partial charge on any atom is -0.320 e. The number of alkyl halides is 2. The van der Waals surface area contributed by atoms with Gasteiger partial charge in [-0.05, 0) is 11.4 Å². The molecule has 0 amide bonds. The molecule has 0 bridgehead atoms. The second-order valence-corrected chi connectivity index (χ2v) is 4.29. The van der Waals surface area contributed by atoms with E-state index < -0.39 is 11.5 Å². The number of rotatable bonds is 1. The molecule has 0 unspecified atom stereocenters. The first-order valence-corrected chi connectivity index (χ1v) is 4.61. The van der Waals surface area contributed by atoms with E-state index in [0.29, 0.717) is 0 Å². The van der Waals surface area contributed by atoms with Crippen LogP contribution in [-0.4, -0.2) is 5.92 Å². The van der Waals surface area contributed by atoms with E-state index in [1.165, 1.54) is 11.3 Å². The molecule has 1 fully saturated rings. The molecule has 12 heavy (non-hydrogen) atoms. The Bertz CT molecular complexity index is 273. The first-order valence-electron chi connectivity index (χ1n) is 3.73. The van der Waals surface area contributed by atoms with Crippen LogP contribution in [-0.2, 0) is 5.54 Å². The van der Waals surface area contributed by atoms with E-state index >= 15 is 0 Å². The van der Waals surface area contributed by atoms with Crippen LogP contribution >= 0.6 is 11.3 Å². The first-order chi connectivity index (χ1) is 5.52. The van der Waals surface area contributed by atoms with E-state index in [4.69, 9.17) is 5.73 Å². The quantitative estimate of drug-likeness (QED) is 0.721. The van der Waals surface area contributed by atoms with Crippen LogP contribution in [0, 0.1) is 0 Å². The molecule has 1 heterocycles. The third kappa shape index (κ3) is 1.15. The second kappa shape index (κ2) is 2.26. The van der Waals surface area contributed by atoms with Gasteiger partial charge in [0.25, 0.3) is 5.92 Å². The van der Waals surface area contributed by atoms with Gasteiger partial charge in [0.1, 0.15) is 0 Å². The minimum atomic E-state index is -2.54. The Morgan fingerprint density at radius 1 is 1.42 bits per heavy atom. The van der Waals surface area contributed by atoms with Crippen LogP contribution in [0.25, 0.3) is 0 Å². The molecular formula is C8H9F2NS. The molecule has 0 atom stereocenters. The number of nitrogens with two attached hydrogens (primary N) is 1. The summed E-state index contributed by atoms with van der Waals surface area (Å²) in [4.78, 5) is 0.869. The predicted molar refractivity (Wildman–Crippen MR) is 44.4 cm³/mol. The molecule has 2 N–H and O–H groups in total. The van der Waals surface area contributed by atoms with Gasteiger partial charge in [-0.15, -0.1) is 11.3 Å². The Hall–Kier alpha value is -0.480. The SMILES string of the molecule is NC1(c2cccs2)CC(F)(F)C1. The van der Waals surface area contributed by atoms with Crippen LogP contribution in [0.1, 0.15) is 17.7 Å². The van der Waals surface area contributed by atoms with Crippen molar-refractivity contribution in [3.05, 3.63) is 22.4 Å². The maximum absolute atomic E-state index is 12.6. The Labute approximate surface area is 73.2 Å². The van der Waals surface area contributed by atoms with Gasteiger partial charge in [-0.3, -0.25) is 0 Å². The molecule has 66 valence electrons. The van der Waals surface area contributed by atoms with Crippen LogP contribution in [0.3, 0.4) is 0 Å². The largest absolute Gasteiger partial charge is 0.320 e. The lowest BCUT2D eigenvalue weighted by Gasteiger charge is -2.43. The second-order valence-electron chi connectivity index (χ2n) is 3.34. The molecule has 0 aromatic carbocycles. The Balaban J connectivity index is 2.18. The lowest BCUT2D eigenvalue weighted by Crippen LogP contribution is -2.55. The predicted octanol–water partition coefficient (Wildman–Crippen LogP) is 2.33. The number of thiophene rings is 1. The highest BCUT2D eigenvalue weighted by molar-refractivity contribution is 7.10. The summed E-state index contributed by atoms with van der Waals surface area (Å²) in [5, 5.41) is 1.86. The molecule has 0 saturated heterocycles. The molecular weight excluding hydrogens is 180 g/mol. The molecule has 4 heteroatoms. The summed E-state index contributed by atoms with van der Waals surface area (Å²) in [5.74, 6) is -2.54. The van der Waals surface area contributed by atoms with E-state index in [1.54, 1.807) is 0 Å². The summed E-state index contributed by atoms with van der Waals surface area (Å²) in [5.41, 5.74) is 5.02. The van der Waals surface area contributed by atoms with Crippen LogP contribution in [0.2, 0.25) is 0 Å². The van der Waals surface area contributed by atoms with Gasteiger partial charge in [0.15, 0.2) is 0 Å². The fourth-order valence-electron chi connectivity index (χ4n) is 1.61. The van der Waals surface area contributed by atoms with E-state index in [2.05, 4.69) is 0 Å². The summed E-state index contributed by atoms with van der Waals surface area (Å²) >= 11 is 1.45. The summed E-state index contributed by atoms with van der Waals surface area (Å²) in [7, 11) is 0. The molecule has 0 spiro atoms. The molecule has 1 aromatic heterocycles. The van der Waals surface area contributed by atoms with Crippen molar-refractivity contribution in [2.24, 2.45) is 5.73 Å². The van der Waals surface area contributed by atoms with Crippen molar-refractivity contribution in [2.75, 3.05) is 0 Å². The van der Waals surface area contributed by atoms with Crippen molar-refractivity contribution in [2.45, 2.75) is 24.3 Å². The summed E-state index contributed by atoms with van der Waals surface area (Å²) < 4.78 is 25.1. The molecule has 1 nitrogen and oxygen atoms in total. The van der Waals surface area contributed by atoms with Crippen molar-refractivity contribution in [3.63, 3.8) is 0 Å². The van der Waals surface area contributed by atoms with E-state index in [9.17, 15) is 8.78 Å². The van der Waals surface area contributed by atoms with Crippen LogP contribution in [0.5, 0.6) is 0 Å². The molecule has 0 aliphatic heterocycles. The van der Waals surface area contributed by atoms with Gasteiger partial charge in [0.2, 0.25) is 0 Å². The lowest BCUT2D eigenvalue weighted by atomic mass is 9.73. The normalized spacial score (nSPS) is 24.9. The monoisotopic (exact) mass is 189 g/mol. The summed E-state index contributed by atoms with van der Waals surface area (Å²) in [6, 6.07) is 3.66. The zero-order valence-corrected chi connectivity index (χ0v) is 7.20. The zero-order chi connectivity index (χ0) is 8.82. The zero-order valence-electron chi connectivity index (χ0n) is 6.39. The van der Waals surface area contributed by atoms with Gasteiger partial charge in [0, 0.05) is 17.7 Å². The highest BCUT2D eigenvalue weighted by Gasteiger charge is 2.55. The van der Waals surface area contributed by atoms with Crippen molar-refractivity contribution in [3.8, 4) is 0 Å². The third-order valence-corrected chi connectivity index (χ3v) is 3.25. The van der Waals surface area contributed by atoms with Crippen LogP contribution in [0.4, 0.5) is 8.78 Å². The van der Waals surface area contributed by atoms with Crippen molar-refractivity contribution < 1.29 is 8.78 Å². The highest BCUT2D eigenvalue weighted by atomic mass is 32.1. The van der Waals surface area contributed by atoms with Crippen molar-refractivity contribution in [1.82, 2.24) is 0 Å². The Morgan fingerprint density at radius 3 is 2.50 bits per heavy atom. The van der Waals surface area contributed by atoms with Crippen molar-refractivity contribution >= 4 is 11.3 Å². The molecule has 2 rings (SSSR count). The van der Waals surface area contributed by atoms with E-state index in [0.717, 1.165) is 4.88 Å². The standard InChI is InChI=1S/C8H9F2NS/c9-8(10)4-7(11,5-8)6-2-1-3-12-6/h1-3H,4-5,11H2. The molecule has 1 aliphatic rings. The smallest absolute Gasteiger partial charge is 0.252 e. The fourth-order valence-corrected chi connectivity index (χ4v) is 2.45. The van der Waals surface area contributed by atoms with Gasteiger partial charge in [-0.2, -0.15) is 0 Å².